The summed E-state index contributed by atoms with van der Waals surface area (Å²) in [6.45, 7) is -0.347. The Morgan fingerprint density at radius 2 is 1.71 bits per heavy atom. The van der Waals surface area contributed by atoms with E-state index in [2.05, 4.69) is 10.1 Å². The summed E-state index contributed by atoms with van der Waals surface area (Å²) in [6.07, 6.45) is -4.24. The largest absolute Gasteiger partial charge is 0.496 e. The highest BCUT2D eigenvalue weighted by molar-refractivity contribution is 6.32. The first kappa shape index (κ1) is 29.6. The molecule has 0 bridgehead atoms. The SMILES string of the molecule is COC(=O)CCc1ccc(COc2cc(OC)c(C(=O)N[C@H]3[C@@H](OC)O[C@H](CO)[C@@H](O)[C@@H]3O)cc2Cl)cc1. The standard InChI is InChI=1S/C26H32ClNO10/c1-34-18-11-19(37-13-15-6-4-14(5-7-15)8-9-21(30)35-2)17(27)10-16(18)25(33)28-22-24(32)23(31)20(12-29)38-26(22)36-3/h4-7,10-11,20,22-24,26,29,31-32H,8-9,12-13H2,1-3H3,(H,28,33)/t20-,22-,23-,24-,26+/m1/s1. The van der Waals surface area contributed by atoms with Crippen molar-refractivity contribution in [2.24, 2.45) is 0 Å². The molecular weight excluding hydrogens is 522 g/mol. The Hall–Kier alpha value is -2.93. The number of carbonyl (C=O) groups is 2. The van der Waals surface area contributed by atoms with Crippen molar-refractivity contribution in [1.82, 2.24) is 5.32 Å². The van der Waals surface area contributed by atoms with Gasteiger partial charge in [0.15, 0.2) is 6.29 Å². The predicted molar refractivity (Wildman–Crippen MR) is 135 cm³/mol. The normalized spacial score (nSPS) is 23.0. The lowest BCUT2D eigenvalue weighted by Crippen LogP contribution is -2.64. The van der Waals surface area contributed by atoms with Gasteiger partial charge < -0.3 is 44.3 Å². The van der Waals surface area contributed by atoms with Crippen molar-refractivity contribution in [3.63, 3.8) is 0 Å². The summed E-state index contributed by atoms with van der Waals surface area (Å²) < 4.78 is 26.5. The van der Waals surface area contributed by atoms with E-state index in [0.717, 1.165) is 11.1 Å². The van der Waals surface area contributed by atoms with Gasteiger partial charge in [-0.25, -0.2) is 0 Å². The first-order chi connectivity index (χ1) is 18.2. The molecule has 208 valence electrons. The van der Waals surface area contributed by atoms with E-state index in [-0.39, 0.29) is 34.7 Å². The predicted octanol–water partition coefficient (Wildman–Crippen LogP) is 1.22. The highest BCUT2D eigenvalue weighted by Crippen LogP contribution is 2.34. The number of halogens is 1. The average molecular weight is 554 g/mol. The molecule has 38 heavy (non-hydrogen) atoms. The van der Waals surface area contributed by atoms with E-state index < -0.39 is 43.2 Å². The summed E-state index contributed by atoms with van der Waals surface area (Å²) in [5.74, 6) is -0.490. The number of amides is 1. The van der Waals surface area contributed by atoms with Crippen LogP contribution in [0.25, 0.3) is 0 Å². The maximum absolute atomic E-state index is 13.1. The third kappa shape index (κ3) is 7.13. The van der Waals surface area contributed by atoms with Crippen LogP contribution in [-0.4, -0.2) is 85.8 Å². The van der Waals surface area contributed by atoms with E-state index >= 15 is 0 Å². The second kappa shape index (κ2) is 13.7. The van der Waals surface area contributed by atoms with Crippen molar-refractivity contribution >= 4 is 23.5 Å². The molecule has 2 aromatic rings. The molecule has 0 saturated carbocycles. The van der Waals surface area contributed by atoms with Crippen molar-refractivity contribution in [2.75, 3.05) is 27.9 Å². The number of ether oxygens (including phenoxy) is 5. The van der Waals surface area contributed by atoms with E-state index in [0.29, 0.717) is 12.8 Å². The van der Waals surface area contributed by atoms with Crippen LogP contribution in [0.4, 0.5) is 0 Å². The molecule has 1 aliphatic heterocycles. The molecule has 3 rings (SSSR count). The maximum Gasteiger partial charge on any atom is 0.305 e. The van der Waals surface area contributed by atoms with Gasteiger partial charge in [-0.1, -0.05) is 35.9 Å². The molecular formula is C26H32ClNO10. The lowest BCUT2D eigenvalue weighted by atomic mass is 9.96. The van der Waals surface area contributed by atoms with E-state index in [9.17, 15) is 24.9 Å². The summed E-state index contributed by atoms with van der Waals surface area (Å²) in [6, 6.07) is 9.24. The first-order valence-corrected chi connectivity index (χ1v) is 12.2. The fourth-order valence-corrected chi connectivity index (χ4v) is 4.19. The molecule has 12 heteroatoms. The van der Waals surface area contributed by atoms with Gasteiger partial charge in [0.2, 0.25) is 0 Å². The molecule has 0 unspecified atom stereocenters. The van der Waals surface area contributed by atoms with Gasteiger partial charge in [-0.05, 0) is 23.6 Å². The summed E-state index contributed by atoms with van der Waals surface area (Å²) in [4.78, 5) is 24.4. The van der Waals surface area contributed by atoms with Gasteiger partial charge in [0.25, 0.3) is 5.91 Å². The fourth-order valence-electron chi connectivity index (χ4n) is 3.97. The molecule has 1 saturated heterocycles. The number of benzene rings is 2. The lowest BCUT2D eigenvalue weighted by Gasteiger charge is -2.41. The van der Waals surface area contributed by atoms with Crippen LogP contribution in [0, 0.1) is 0 Å². The Labute approximate surface area is 225 Å². The van der Waals surface area contributed by atoms with Crippen LogP contribution >= 0.6 is 11.6 Å². The molecule has 4 N–H and O–H groups in total. The molecule has 1 aliphatic rings. The van der Waals surface area contributed by atoms with Crippen LogP contribution in [0.5, 0.6) is 11.5 Å². The number of aryl methyl sites for hydroxylation is 1. The molecule has 0 aromatic heterocycles. The lowest BCUT2D eigenvalue weighted by molar-refractivity contribution is -0.261. The monoisotopic (exact) mass is 553 g/mol. The molecule has 11 nitrogen and oxygen atoms in total. The molecule has 5 atom stereocenters. The van der Waals surface area contributed by atoms with Gasteiger partial charge in [0, 0.05) is 19.6 Å². The van der Waals surface area contributed by atoms with Gasteiger partial charge >= 0.3 is 5.97 Å². The summed E-state index contributed by atoms with van der Waals surface area (Å²) in [5.41, 5.74) is 1.90. The topological polar surface area (TPSA) is 153 Å². The van der Waals surface area contributed by atoms with Crippen molar-refractivity contribution in [3.8, 4) is 11.5 Å². The number of methoxy groups -OCH3 is 3. The Balaban J connectivity index is 1.68. The Bertz CT molecular complexity index is 1090. The highest BCUT2D eigenvalue weighted by atomic mass is 35.5. The summed E-state index contributed by atoms with van der Waals surface area (Å²) >= 11 is 6.40. The number of carbonyl (C=O) groups excluding carboxylic acids is 2. The number of hydrogen-bond donors (Lipinski definition) is 4. The first-order valence-electron chi connectivity index (χ1n) is 11.8. The van der Waals surface area contributed by atoms with E-state index in [1.807, 2.05) is 24.3 Å². The summed E-state index contributed by atoms with van der Waals surface area (Å²) in [5, 5.41) is 32.7. The highest BCUT2D eigenvalue weighted by Gasteiger charge is 2.45. The second-order valence-corrected chi connectivity index (χ2v) is 9.01. The molecule has 0 spiro atoms. The molecule has 1 fully saturated rings. The summed E-state index contributed by atoms with van der Waals surface area (Å²) in [7, 11) is 4.04. The average Bonchev–Trinajstić information content (AvgIpc) is 2.93. The quantitative estimate of drug-likeness (QED) is 0.299. The molecule has 1 heterocycles. The number of esters is 1. The van der Waals surface area contributed by atoms with Crippen molar-refractivity contribution in [1.29, 1.82) is 0 Å². The van der Waals surface area contributed by atoms with E-state index in [1.54, 1.807) is 0 Å². The fraction of sp³-hybridized carbons (Fsp3) is 0.462. The Kier molecular flexibility index (Phi) is 10.7. The minimum atomic E-state index is -1.47. The number of nitrogens with one attached hydrogen (secondary N) is 1. The number of aliphatic hydroxyl groups excluding tert-OH is 3. The van der Waals surface area contributed by atoms with Crippen molar-refractivity contribution in [2.45, 2.75) is 50.1 Å². The van der Waals surface area contributed by atoms with E-state index in [1.165, 1.54) is 33.5 Å². The minimum absolute atomic E-state index is 0.0561. The smallest absolute Gasteiger partial charge is 0.305 e. The third-order valence-electron chi connectivity index (χ3n) is 6.17. The van der Waals surface area contributed by atoms with Gasteiger partial charge in [0.1, 0.15) is 42.5 Å². The third-order valence-corrected chi connectivity index (χ3v) is 6.47. The second-order valence-electron chi connectivity index (χ2n) is 8.61. The van der Waals surface area contributed by atoms with Crippen LogP contribution in [-0.2, 0) is 32.0 Å². The number of aliphatic hydroxyl groups is 3. The Morgan fingerprint density at radius 3 is 2.32 bits per heavy atom. The van der Waals surface area contributed by atoms with Crippen molar-refractivity contribution < 1.29 is 48.6 Å². The number of rotatable bonds is 11. The Morgan fingerprint density at radius 1 is 1.03 bits per heavy atom. The van der Waals surface area contributed by atoms with Crippen LogP contribution < -0.4 is 14.8 Å². The van der Waals surface area contributed by atoms with Crippen LogP contribution in [0.15, 0.2) is 36.4 Å². The minimum Gasteiger partial charge on any atom is -0.496 e. The molecule has 1 amide bonds. The van der Waals surface area contributed by atoms with Gasteiger partial charge in [-0.2, -0.15) is 0 Å². The van der Waals surface area contributed by atoms with Gasteiger partial charge in [-0.15, -0.1) is 0 Å². The van der Waals surface area contributed by atoms with Gasteiger partial charge in [-0.3, -0.25) is 9.59 Å². The maximum atomic E-state index is 13.1. The van der Waals surface area contributed by atoms with Crippen LogP contribution in [0.3, 0.4) is 0 Å². The zero-order valence-corrected chi connectivity index (χ0v) is 22.0. The molecule has 0 aliphatic carbocycles. The van der Waals surface area contributed by atoms with Crippen LogP contribution in [0.1, 0.15) is 27.9 Å². The molecule has 2 aromatic carbocycles. The van der Waals surface area contributed by atoms with Gasteiger partial charge in [0.05, 0.1) is 31.4 Å². The zero-order chi connectivity index (χ0) is 27.8. The number of hydrogen-bond acceptors (Lipinski definition) is 10. The van der Waals surface area contributed by atoms with E-state index in [4.69, 9.17) is 30.5 Å². The molecule has 0 radical (unpaired) electrons. The zero-order valence-electron chi connectivity index (χ0n) is 21.3. The van der Waals surface area contributed by atoms with Crippen molar-refractivity contribution in [3.05, 3.63) is 58.1 Å². The van der Waals surface area contributed by atoms with Crippen LogP contribution in [0.2, 0.25) is 5.02 Å².